The van der Waals surface area contributed by atoms with E-state index >= 15 is 0 Å². The molecule has 0 unspecified atom stereocenters. The first-order chi connectivity index (χ1) is 12.7. The van der Waals surface area contributed by atoms with Crippen LogP contribution in [0.5, 0.6) is 0 Å². The first-order valence-electron chi connectivity index (χ1n) is 11.3. The van der Waals surface area contributed by atoms with Gasteiger partial charge in [0.2, 0.25) is 0 Å². The van der Waals surface area contributed by atoms with Crippen molar-refractivity contribution in [1.82, 2.24) is 0 Å². The summed E-state index contributed by atoms with van der Waals surface area (Å²) in [5.41, 5.74) is 6.20. The number of nitrogens with one attached hydrogen (secondary N) is 1. The Balaban J connectivity index is 3.36. The fraction of sp³-hybridized carbons (Fsp3) is 0.750. The minimum atomic E-state index is 1.12. The molecule has 0 spiro atoms. The van der Waals surface area contributed by atoms with Crippen molar-refractivity contribution < 1.29 is 13.9 Å². The van der Waals surface area contributed by atoms with Crippen LogP contribution in [0.25, 0.3) is 0 Å². The van der Waals surface area contributed by atoms with Gasteiger partial charge in [0.1, 0.15) is 19.6 Å². The Morgan fingerprint density at radius 1 is 0.704 bits per heavy atom. The maximum Gasteiger partial charge on any atom is 0.104 e. The summed E-state index contributed by atoms with van der Waals surface area (Å²) in [4.78, 5) is 1.67. The van der Waals surface area contributed by atoms with E-state index in [9.17, 15) is 0 Å². The number of hydrogen-bond acceptors (Lipinski definition) is 0. The molecule has 0 bridgehead atoms. The molecule has 0 heterocycles. The summed E-state index contributed by atoms with van der Waals surface area (Å²) in [5.74, 6) is 0. The second kappa shape index (κ2) is 10.6. The second-order valence-corrected chi connectivity index (χ2v) is 8.99. The van der Waals surface area contributed by atoms with E-state index in [1.54, 1.807) is 16.0 Å². The van der Waals surface area contributed by atoms with E-state index < -0.39 is 0 Å². The van der Waals surface area contributed by atoms with Gasteiger partial charge in [-0.2, -0.15) is 0 Å². The fourth-order valence-electron chi connectivity index (χ4n) is 3.85. The van der Waals surface area contributed by atoms with Gasteiger partial charge in [0.05, 0.1) is 53.4 Å². The molecule has 0 fully saturated rings. The lowest BCUT2D eigenvalue weighted by Crippen LogP contribution is -3.10. The monoisotopic (exact) mass is 378 g/mol. The first kappa shape index (κ1) is 24.1. The van der Waals surface area contributed by atoms with E-state index in [1.807, 2.05) is 0 Å². The van der Waals surface area contributed by atoms with Crippen molar-refractivity contribution in [2.24, 2.45) is 0 Å². The molecule has 0 saturated heterocycles. The van der Waals surface area contributed by atoms with Crippen LogP contribution in [0.1, 0.15) is 63.8 Å². The molecule has 1 N–H and O–H groups in total. The van der Waals surface area contributed by atoms with Crippen molar-refractivity contribution in [3.8, 4) is 0 Å². The standard InChI is InChI=1S/C24H47N3/c1-10-25(11-2)18-22-16-23(19-26(8,12-3)13-4)21(7)24(17-22)20-27(9,14-5)15-6/h16-17H,10-15,18-20H2,1-9H3/q+2/p+1. The van der Waals surface area contributed by atoms with Gasteiger partial charge in [-0.05, 0) is 66.2 Å². The lowest BCUT2D eigenvalue weighted by Gasteiger charge is -2.35. The summed E-state index contributed by atoms with van der Waals surface area (Å²) in [5, 5.41) is 0. The summed E-state index contributed by atoms with van der Waals surface area (Å²) >= 11 is 0. The number of nitrogens with zero attached hydrogens (tertiary/aromatic N) is 2. The Morgan fingerprint density at radius 2 is 1.07 bits per heavy atom. The van der Waals surface area contributed by atoms with E-state index in [4.69, 9.17) is 0 Å². The number of benzene rings is 1. The number of rotatable bonds is 12. The van der Waals surface area contributed by atoms with Gasteiger partial charge in [0.25, 0.3) is 0 Å². The zero-order chi connectivity index (χ0) is 20.7. The number of hydrogen-bond donors (Lipinski definition) is 1. The van der Waals surface area contributed by atoms with Gasteiger partial charge in [-0.1, -0.05) is 0 Å². The highest BCUT2D eigenvalue weighted by Gasteiger charge is 2.24. The smallest absolute Gasteiger partial charge is 0.104 e. The molecule has 156 valence electrons. The highest BCUT2D eigenvalue weighted by molar-refractivity contribution is 5.37. The average Bonchev–Trinajstić information content (AvgIpc) is 2.69. The molecule has 3 heteroatoms. The maximum absolute atomic E-state index is 2.52. The van der Waals surface area contributed by atoms with Crippen LogP contribution in [-0.4, -0.2) is 62.3 Å². The molecule has 0 aliphatic heterocycles. The van der Waals surface area contributed by atoms with Crippen molar-refractivity contribution in [2.75, 3.05) is 53.4 Å². The largest absolute Gasteiger partial charge is 0.332 e. The topological polar surface area (TPSA) is 4.44 Å². The molecule has 27 heavy (non-hydrogen) atoms. The molecular weight excluding hydrogens is 330 g/mol. The van der Waals surface area contributed by atoms with Gasteiger partial charge in [0, 0.05) is 16.7 Å². The van der Waals surface area contributed by atoms with Crippen molar-refractivity contribution in [1.29, 1.82) is 0 Å². The second-order valence-electron chi connectivity index (χ2n) is 8.99. The maximum atomic E-state index is 2.52. The SMILES string of the molecule is CC[NH+](CC)Cc1cc(C[N+](C)(CC)CC)c(C)c(C[N+](C)(CC)CC)c1. The van der Waals surface area contributed by atoms with E-state index in [0.717, 1.165) is 28.6 Å². The van der Waals surface area contributed by atoms with Crippen LogP contribution in [0.3, 0.4) is 0 Å². The van der Waals surface area contributed by atoms with Crippen LogP contribution in [0.15, 0.2) is 12.1 Å². The molecule has 0 aromatic heterocycles. The highest BCUT2D eigenvalue weighted by atomic mass is 15.3. The average molecular weight is 379 g/mol. The Hall–Kier alpha value is -0.900. The minimum Gasteiger partial charge on any atom is -0.332 e. The van der Waals surface area contributed by atoms with Crippen molar-refractivity contribution in [3.63, 3.8) is 0 Å². The molecule has 0 radical (unpaired) electrons. The summed E-state index contributed by atoms with van der Waals surface area (Å²) < 4.78 is 2.24. The van der Waals surface area contributed by atoms with Crippen molar-refractivity contribution >= 4 is 0 Å². The van der Waals surface area contributed by atoms with E-state index in [2.05, 4.69) is 74.7 Å². The van der Waals surface area contributed by atoms with Gasteiger partial charge in [-0.3, -0.25) is 0 Å². The molecule has 0 aliphatic rings. The summed E-state index contributed by atoms with van der Waals surface area (Å²) in [6.45, 7) is 26.9. The van der Waals surface area contributed by atoms with Crippen molar-refractivity contribution in [2.45, 2.75) is 68.1 Å². The lowest BCUT2D eigenvalue weighted by molar-refractivity contribution is -0.920. The minimum absolute atomic E-state index is 1.12. The lowest BCUT2D eigenvalue weighted by atomic mass is 9.96. The molecule has 1 aromatic rings. The van der Waals surface area contributed by atoms with Gasteiger partial charge < -0.3 is 13.9 Å². The molecule has 0 aliphatic carbocycles. The third-order valence-corrected chi connectivity index (χ3v) is 7.29. The van der Waals surface area contributed by atoms with Gasteiger partial charge in [0.15, 0.2) is 0 Å². The summed E-state index contributed by atoms with van der Waals surface area (Å²) in [6, 6.07) is 5.04. The Kier molecular flexibility index (Phi) is 9.47. The van der Waals surface area contributed by atoms with Crippen LogP contribution in [-0.2, 0) is 19.6 Å². The van der Waals surface area contributed by atoms with Crippen LogP contribution in [0.2, 0.25) is 0 Å². The molecule has 0 atom stereocenters. The van der Waals surface area contributed by atoms with Crippen LogP contribution in [0.4, 0.5) is 0 Å². The Bertz CT molecular complexity index is 526. The normalized spacial score (nSPS) is 12.8. The van der Waals surface area contributed by atoms with Gasteiger partial charge in [-0.25, -0.2) is 0 Å². The first-order valence-corrected chi connectivity index (χ1v) is 11.3. The number of quaternary nitrogens is 3. The Labute approximate surface area is 170 Å². The van der Waals surface area contributed by atoms with E-state index in [-0.39, 0.29) is 0 Å². The quantitative estimate of drug-likeness (QED) is 0.532. The predicted molar refractivity (Wildman–Crippen MR) is 119 cm³/mol. The Morgan fingerprint density at radius 3 is 1.37 bits per heavy atom. The highest BCUT2D eigenvalue weighted by Crippen LogP contribution is 2.24. The van der Waals surface area contributed by atoms with Gasteiger partial charge >= 0.3 is 0 Å². The summed E-state index contributed by atoms with van der Waals surface area (Å²) in [6.07, 6.45) is 0. The third kappa shape index (κ3) is 6.58. The van der Waals surface area contributed by atoms with Crippen LogP contribution >= 0.6 is 0 Å². The molecule has 3 nitrogen and oxygen atoms in total. The molecule has 1 rings (SSSR count). The third-order valence-electron chi connectivity index (χ3n) is 7.29. The van der Waals surface area contributed by atoms with Crippen molar-refractivity contribution in [3.05, 3.63) is 34.4 Å². The van der Waals surface area contributed by atoms with Crippen LogP contribution in [0, 0.1) is 6.92 Å². The predicted octanol–water partition coefficient (Wildman–Crippen LogP) is 3.39. The summed E-state index contributed by atoms with van der Waals surface area (Å²) in [7, 11) is 4.80. The zero-order valence-corrected chi connectivity index (χ0v) is 19.9. The van der Waals surface area contributed by atoms with Gasteiger partial charge in [-0.15, -0.1) is 0 Å². The van der Waals surface area contributed by atoms with Crippen LogP contribution < -0.4 is 4.90 Å². The molecule has 1 aromatic carbocycles. The zero-order valence-electron chi connectivity index (χ0n) is 19.9. The fourth-order valence-corrected chi connectivity index (χ4v) is 3.85. The van der Waals surface area contributed by atoms with E-state index in [1.165, 1.54) is 50.4 Å². The van der Waals surface area contributed by atoms with E-state index in [0.29, 0.717) is 0 Å². The molecule has 0 saturated carbocycles. The molecular formula is C24H48N3+3. The molecule has 0 amide bonds.